The Morgan fingerprint density at radius 2 is 2.06 bits per heavy atom. The number of allylic oxidation sites excluding steroid dienone is 3. The Balaban J connectivity index is 2.34. The Bertz CT molecular complexity index is 346. The van der Waals surface area contributed by atoms with Crippen LogP contribution in [0.3, 0.4) is 0 Å². The lowest BCUT2D eigenvalue weighted by atomic mass is 9.59. The van der Waals surface area contributed by atoms with Crippen LogP contribution in [0.5, 0.6) is 0 Å². The van der Waals surface area contributed by atoms with Crippen molar-refractivity contribution in [2.24, 2.45) is 11.3 Å². The van der Waals surface area contributed by atoms with E-state index >= 15 is 0 Å². The van der Waals surface area contributed by atoms with Gasteiger partial charge in [0, 0.05) is 0 Å². The number of hydrogen-bond donors (Lipinski definition) is 1. The predicted molar refractivity (Wildman–Crippen MR) is 68.2 cm³/mol. The fourth-order valence-corrected chi connectivity index (χ4v) is 3.33. The van der Waals surface area contributed by atoms with E-state index in [0.717, 1.165) is 12.8 Å². The molecule has 0 aromatic carbocycles. The van der Waals surface area contributed by atoms with Crippen molar-refractivity contribution in [3.8, 4) is 0 Å². The quantitative estimate of drug-likeness (QED) is 0.615. The zero-order valence-corrected chi connectivity index (χ0v) is 11.0. The minimum absolute atomic E-state index is 0.202. The van der Waals surface area contributed by atoms with Gasteiger partial charge in [0.15, 0.2) is 0 Å². The molecule has 0 spiro atoms. The van der Waals surface area contributed by atoms with Gasteiger partial charge >= 0.3 is 0 Å². The van der Waals surface area contributed by atoms with Crippen LogP contribution in [0.2, 0.25) is 0 Å². The second-order valence-corrected chi connectivity index (χ2v) is 6.09. The van der Waals surface area contributed by atoms with E-state index in [-0.39, 0.29) is 6.10 Å². The van der Waals surface area contributed by atoms with Gasteiger partial charge in [0.1, 0.15) is 0 Å². The Kier molecular flexibility index (Phi) is 3.00. The van der Waals surface area contributed by atoms with E-state index in [1.54, 1.807) is 5.57 Å². The van der Waals surface area contributed by atoms with Crippen LogP contribution in [0.15, 0.2) is 22.8 Å². The number of rotatable bonds is 0. The van der Waals surface area contributed by atoms with Crippen LogP contribution in [0.4, 0.5) is 0 Å². The highest BCUT2D eigenvalue weighted by Gasteiger charge is 2.41. The topological polar surface area (TPSA) is 20.2 Å². The van der Waals surface area contributed by atoms with Crippen LogP contribution in [0.1, 0.15) is 53.4 Å². The van der Waals surface area contributed by atoms with Crippen LogP contribution in [0.25, 0.3) is 0 Å². The highest BCUT2D eigenvalue weighted by molar-refractivity contribution is 5.30. The molecule has 90 valence electrons. The molecule has 2 aliphatic carbocycles. The van der Waals surface area contributed by atoms with Crippen molar-refractivity contribution in [1.82, 2.24) is 0 Å². The number of hydrogen-bond acceptors (Lipinski definition) is 1. The molecule has 2 rings (SSSR count). The van der Waals surface area contributed by atoms with E-state index in [1.807, 2.05) is 0 Å². The summed E-state index contributed by atoms with van der Waals surface area (Å²) < 4.78 is 0. The third-order valence-electron chi connectivity index (χ3n) is 4.79. The smallest absolute Gasteiger partial charge is 0.0726 e. The molecule has 1 nitrogen and oxygen atoms in total. The third kappa shape index (κ3) is 1.86. The van der Waals surface area contributed by atoms with E-state index < -0.39 is 0 Å². The largest absolute Gasteiger partial charge is 0.389 e. The molecule has 0 heterocycles. The van der Waals surface area contributed by atoms with Gasteiger partial charge in [-0.1, -0.05) is 36.6 Å². The molecule has 0 aromatic heterocycles. The van der Waals surface area contributed by atoms with Crippen LogP contribution < -0.4 is 0 Å². The predicted octanol–water partition coefficient (Wildman–Crippen LogP) is 3.84. The molecule has 1 heteroatoms. The second-order valence-electron chi connectivity index (χ2n) is 6.09. The Morgan fingerprint density at radius 3 is 2.69 bits per heavy atom. The van der Waals surface area contributed by atoms with Crippen molar-refractivity contribution in [3.63, 3.8) is 0 Å². The van der Waals surface area contributed by atoms with E-state index in [0.29, 0.717) is 11.3 Å². The fourth-order valence-electron chi connectivity index (χ4n) is 3.33. The van der Waals surface area contributed by atoms with Gasteiger partial charge in [-0.15, -0.1) is 0 Å². The van der Waals surface area contributed by atoms with Gasteiger partial charge < -0.3 is 5.11 Å². The molecule has 1 fully saturated rings. The highest BCUT2D eigenvalue weighted by Crippen LogP contribution is 2.52. The molecular formula is C15H24O. The van der Waals surface area contributed by atoms with Gasteiger partial charge in [0.25, 0.3) is 0 Å². The first-order valence-corrected chi connectivity index (χ1v) is 6.48. The summed E-state index contributed by atoms with van der Waals surface area (Å²) in [6, 6.07) is 0. The Labute approximate surface area is 99.3 Å². The second kappa shape index (κ2) is 4.03. The summed E-state index contributed by atoms with van der Waals surface area (Å²) in [5, 5.41) is 9.82. The third-order valence-corrected chi connectivity index (χ3v) is 4.79. The van der Waals surface area contributed by atoms with Crippen molar-refractivity contribution in [1.29, 1.82) is 0 Å². The molecule has 0 radical (unpaired) electrons. The summed E-state index contributed by atoms with van der Waals surface area (Å²) >= 11 is 0. The minimum atomic E-state index is -0.202. The summed E-state index contributed by atoms with van der Waals surface area (Å²) in [7, 11) is 0. The molecule has 2 aliphatic rings. The average molecular weight is 220 g/mol. The first-order chi connectivity index (χ1) is 7.43. The van der Waals surface area contributed by atoms with Crippen LogP contribution in [-0.2, 0) is 0 Å². The maximum absolute atomic E-state index is 9.82. The van der Waals surface area contributed by atoms with Crippen molar-refractivity contribution in [3.05, 3.63) is 22.8 Å². The summed E-state index contributed by atoms with van der Waals surface area (Å²) in [4.78, 5) is 0. The SMILES string of the molecule is CC(C)=C1CCC2=CC(O)C[C@@H](C)[C@]2(C)C1. The zero-order chi connectivity index (χ0) is 11.9. The maximum atomic E-state index is 9.82. The molecule has 0 bridgehead atoms. The zero-order valence-electron chi connectivity index (χ0n) is 11.0. The van der Waals surface area contributed by atoms with Crippen molar-refractivity contribution in [2.75, 3.05) is 0 Å². The molecular weight excluding hydrogens is 196 g/mol. The molecule has 3 atom stereocenters. The van der Waals surface area contributed by atoms with Gasteiger partial charge in [-0.25, -0.2) is 0 Å². The average Bonchev–Trinajstić information content (AvgIpc) is 2.19. The van der Waals surface area contributed by atoms with E-state index in [1.165, 1.54) is 24.0 Å². The van der Waals surface area contributed by atoms with E-state index in [4.69, 9.17) is 0 Å². The minimum Gasteiger partial charge on any atom is -0.389 e. The van der Waals surface area contributed by atoms with Gasteiger partial charge in [0.2, 0.25) is 0 Å². The number of aliphatic hydroxyl groups is 1. The molecule has 1 N–H and O–H groups in total. The molecule has 0 aliphatic heterocycles. The van der Waals surface area contributed by atoms with Crippen LogP contribution in [0, 0.1) is 11.3 Å². The van der Waals surface area contributed by atoms with Crippen molar-refractivity contribution in [2.45, 2.75) is 59.5 Å². The van der Waals surface area contributed by atoms with Gasteiger partial charge in [-0.05, 0) is 50.9 Å². The van der Waals surface area contributed by atoms with Crippen molar-refractivity contribution >= 4 is 0 Å². The number of fused-ring (bicyclic) bond motifs is 1. The van der Waals surface area contributed by atoms with E-state index in [2.05, 4.69) is 33.8 Å². The van der Waals surface area contributed by atoms with Gasteiger partial charge in [0.05, 0.1) is 6.10 Å². The molecule has 16 heavy (non-hydrogen) atoms. The summed E-state index contributed by atoms with van der Waals surface area (Å²) in [6.45, 7) is 9.15. The normalized spacial score (nSPS) is 39.1. The Hall–Kier alpha value is -0.560. The molecule has 1 unspecified atom stereocenters. The maximum Gasteiger partial charge on any atom is 0.0726 e. The van der Waals surface area contributed by atoms with Crippen LogP contribution in [-0.4, -0.2) is 11.2 Å². The molecule has 0 saturated heterocycles. The monoisotopic (exact) mass is 220 g/mol. The summed E-state index contributed by atoms with van der Waals surface area (Å²) in [6.07, 6.45) is 6.40. The molecule has 1 saturated carbocycles. The standard InChI is InChI=1S/C15H24O/c1-10(2)12-5-6-13-8-14(16)7-11(3)15(13,4)9-12/h8,11,14,16H,5-7,9H2,1-4H3/t11-,14?,15+/m1/s1. The summed E-state index contributed by atoms with van der Waals surface area (Å²) in [5.74, 6) is 0.595. The van der Waals surface area contributed by atoms with Crippen LogP contribution >= 0.6 is 0 Å². The summed E-state index contributed by atoms with van der Waals surface area (Å²) in [5.41, 5.74) is 4.95. The molecule has 0 aromatic rings. The molecule has 0 amide bonds. The highest BCUT2D eigenvalue weighted by atomic mass is 16.3. The van der Waals surface area contributed by atoms with E-state index in [9.17, 15) is 5.11 Å². The lowest BCUT2D eigenvalue weighted by Gasteiger charge is -2.46. The Morgan fingerprint density at radius 1 is 1.38 bits per heavy atom. The van der Waals surface area contributed by atoms with Crippen molar-refractivity contribution < 1.29 is 5.11 Å². The van der Waals surface area contributed by atoms with Gasteiger partial charge in [-0.3, -0.25) is 0 Å². The number of aliphatic hydroxyl groups excluding tert-OH is 1. The fraction of sp³-hybridized carbons (Fsp3) is 0.733. The van der Waals surface area contributed by atoms with Gasteiger partial charge in [-0.2, -0.15) is 0 Å². The first-order valence-electron chi connectivity index (χ1n) is 6.48. The lowest BCUT2D eigenvalue weighted by molar-refractivity contribution is 0.111. The lowest BCUT2D eigenvalue weighted by Crippen LogP contribution is -2.37. The first kappa shape index (κ1) is 11.9.